The zero-order valence-corrected chi connectivity index (χ0v) is 14.8. The number of ether oxygens (including phenoxy) is 1. The first kappa shape index (κ1) is 17.1. The molecule has 10 nitrogen and oxygen atoms in total. The summed E-state index contributed by atoms with van der Waals surface area (Å²) in [7, 11) is -1.06. The second-order valence-electron chi connectivity index (χ2n) is 6.67. The number of carbonyl (C=O) groups is 2. The fourth-order valence-electron chi connectivity index (χ4n) is 3.26. The van der Waals surface area contributed by atoms with Crippen molar-refractivity contribution in [2.75, 3.05) is 13.1 Å². The van der Waals surface area contributed by atoms with Crippen molar-refractivity contribution < 1.29 is 30.5 Å². The Morgan fingerprint density at radius 3 is 2.96 bits per heavy atom. The van der Waals surface area contributed by atoms with E-state index in [2.05, 4.69) is 9.97 Å². The third kappa shape index (κ3) is 3.29. The molecule has 2 aliphatic heterocycles. The number of aromatic carboxylic acids is 1. The number of aromatic amines is 1. The van der Waals surface area contributed by atoms with Gasteiger partial charge in [0, 0.05) is 0 Å². The highest BCUT2D eigenvalue weighted by Crippen LogP contribution is 2.37. The number of benzene rings is 1. The molecular weight excluding hydrogens is 367 g/mol. The van der Waals surface area contributed by atoms with Crippen molar-refractivity contribution in [2.45, 2.75) is 24.9 Å². The number of carboxylic acid groups (broad SMARTS) is 1. The van der Waals surface area contributed by atoms with Gasteiger partial charge < -0.3 is 35.1 Å². The van der Waals surface area contributed by atoms with Crippen molar-refractivity contribution in [3.63, 3.8) is 0 Å². The minimum atomic E-state index is -2.00. The second-order valence-corrected chi connectivity index (χ2v) is 6.67. The van der Waals surface area contributed by atoms with E-state index in [9.17, 15) is 19.7 Å². The van der Waals surface area contributed by atoms with Gasteiger partial charge in [-0.2, -0.15) is 0 Å². The number of imidazole rings is 1. The molecule has 0 saturated carbocycles. The summed E-state index contributed by atoms with van der Waals surface area (Å²) in [5.74, 6) is -1.64. The Labute approximate surface area is 161 Å². The third-order valence-electron chi connectivity index (χ3n) is 4.78. The van der Waals surface area contributed by atoms with Crippen LogP contribution in [0.1, 0.15) is 29.0 Å². The number of nitrogens with two attached hydrogens (primary N) is 1. The van der Waals surface area contributed by atoms with Crippen LogP contribution in [0, 0.1) is 0 Å². The molecule has 5 N–H and O–H groups in total. The van der Waals surface area contributed by atoms with Crippen molar-refractivity contribution >= 4 is 19.0 Å². The number of aromatic nitrogens is 2. The SMILES string of the molecule is [2H]C(N)(C(=O)N1CC(Oc2ccc3c(c2C(=O)O)OB(O)CC3)C1)c1cnc[nH]1. The highest BCUT2D eigenvalue weighted by molar-refractivity contribution is 6.44. The number of amides is 1. The molecule has 3 heterocycles. The zero-order chi connectivity index (χ0) is 20.8. The maximum Gasteiger partial charge on any atom is 0.522 e. The van der Waals surface area contributed by atoms with Gasteiger partial charge in [-0.05, 0) is 24.4 Å². The van der Waals surface area contributed by atoms with E-state index in [-0.39, 0.29) is 35.8 Å². The van der Waals surface area contributed by atoms with Crippen molar-refractivity contribution in [3.8, 4) is 11.5 Å². The molecule has 28 heavy (non-hydrogen) atoms. The van der Waals surface area contributed by atoms with Crippen LogP contribution in [0.15, 0.2) is 24.7 Å². The Kier molecular flexibility index (Phi) is 4.37. The van der Waals surface area contributed by atoms with E-state index in [1.54, 1.807) is 12.1 Å². The molecule has 11 heteroatoms. The number of H-pyrrole nitrogens is 1. The van der Waals surface area contributed by atoms with Crippen LogP contribution in [-0.4, -0.2) is 63.2 Å². The van der Waals surface area contributed by atoms with Gasteiger partial charge >= 0.3 is 13.1 Å². The molecule has 2 aliphatic rings. The van der Waals surface area contributed by atoms with Crippen LogP contribution in [0.2, 0.25) is 6.32 Å². The van der Waals surface area contributed by atoms with Crippen molar-refractivity contribution in [1.82, 2.24) is 14.9 Å². The summed E-state index contributed by atoms with van der Waals surface area (Å²) < 4.78 is 19.2. The van der Waals surface area contributed by atoms with Gasteiger partial charge in [0.25, 0.3) is 0 Å². The minimum Gasteiger partial charge on any atom is -0.535 e. The maximum absolute atomic E-state index is 12.5. The van der Waals surface area contributed by atoms with Crippen LogP contribution in [-0.2, 0) is 11.2 Å². The van der Waals surface area contributed by atoms with Crippen molar-refractivity contribution in [3.05, 3.63) is 41.5 Å². The Bertz CT molecular complexity index is 948. The number of nitrogens with one attached hydrogen (secondary N) is 1. The Morgan fingerprint density at radius 2 is 2.29 bits per heavy atom. The molecule has 1 amide bonds. The summed E-state index contributed by atoms with van der Waals surface area (Å²) in [6.45, 7) is 0.314. The van der Waals surface area contributed by atoms with E-state index >= 15 is 0 Å². The van der Waals surface area contributed by atoms with Crippen LogP contribution in [0.5, 0.6) is 11.5 Å². The van der Waals surface area contributed by atoms with Crippen molar-refractivity contribution in [2.24, 2.45) is 5.73 Å². The lowest BCUT2D eigenvalue weighted by atomic mass is 9.78. The van der Waals surface area contributed by atoms with Crippen LogP contribution >= 0.6 is 0 Å². The molecule has 1 saturated heterocycles. The van der Waals surface area contributed by atoms with Gasteiger partial charge in [0.05, 0.1) is 32.7 Å². The monoisotopic (exact) mass is 387 g/mol. The van der Waals surface area contributed by atoms with Gasteiger partial charge in [-0.25, -0.2) is 9.78 Å². The predicted octanol–water partition coefficient (Wildman–Crippen LogP) is -0.187. The van der Waals surface area contributed by atoms with Gasteiger partial charge in [-0.3, -0.25) is 4.79 Å². The lowest BCUT2D eigenvalue weighted by Gasteiger charge is -2.40. The average Bonchev–Trinajstić information content (AvgIpc) is 3.18. The van der Waals surface area contributed by atoms with E-state index in [0.717, 1.165) is 0 Å². The predicted molar refractivity (Wildman–Crippen MR) is 97.0 cm³/mol. The lowest BCUT2D eigenvalue weighted by molar-refractivity contribution is -0.141. The smallest absolute Gasteiger partial charge is 0.522 e. The molecule has 2 aromatic rings. The summed E-state index contributed by atoms with van der Waals surface area (Å²) in [5.41, 5.74) is 6.54. The molecule has 1 unspecified atom stereocenters. The van der Waals surface area contributed by atoms with Crippen LogP contribution in [0.4, 0.5) is 0 Å². The van der Waals surface area contributed by atoms with Crippen molar-refractivity contribution in [1.29, 1.82) is 0 Å². The molecule has 0 bridgehead atoms. The fraction of sp³-hybridized carbons (Fsp3) is 0.353. The summed E-state index contributed by atoms with van der Waals surface area (Å²) in [5, 5.41) is 19.3. The third-order valence-corrected chi connectivity index (χ3v) is 4.78. The highest BCUT2D eigenvalue weighted by atomic mass is 16.5. The van der Waals surface area contributed by atoms with Gasteiger partial charge in [0.2, 0.25) is 5.91 Å². The molecule has 146 valence electrons. The first-order valence-electron chi connectivity index (χ1n) is 9.25. The molecule has 0 radical (unpaired) electrons. The topological polar surface area (TPSA) is 151 Å². The fourth-order valence-corrected chi connectivity index (χ4v) is 3.26. The lowest BCUT2D eigenvalue weighted by Crippen LogP contribution is -2.58. The summed E-state index contributed by atoms with van der Waals surface area (Å²) in [4.78, 5) is 32.1. The van der Waals surface area contributed by atoms with Crippen LogP contribution in [0.3, 0.4) is 0 Å². The Morgan fingerprint density at radius 1 is 1.50 bits per heavy atom. The standard InChI is InChI=1S/C17H19BN4O6/c19-14(11-5-20-8-21-11)16(23)22-6-10(7-22)27-12-2-1-9-3-4-18(26)28-15(9)13(12)17(24)25/h1-2,5,8,10,14,26H,3-4,6-7,19H2,(H,20,21)(H,24,25)/i14D. The molecule has 1 atom stereocenters. The zero-order valence-electron chi connectivity index (χ0n) is 15.8. The number of hydrogen-bond donors (Lipinski definition) is 4. The van der Waals surface area contributed by atoms with E-state index in [1.807, 2.05) is 0 Å². The largest absolute Gasteiger partial charge is 0.535 e. The molecule has 1 aromatic carbocycles. The number of carbonyl (C=O) groups excluding carboxylic acids is 1. The quantitative estimate of drug-likeness (QED) is 0.516. The molecular formula is C17H19BN4O6. The minimum absolute atomic E-state index is 0.0981. The van der Waals surface area contributed by atoms with E-state index < -0.39 is 31.1 Å². The van der Waals surface area contributed by atoms with E-state index in [1.165, 1.54) is 17.4 Å². The van der Waals surface area contributed by atoms with E-state index in [4.69, 9.17) is 16.5 Å². The molecule has 1 aromatic heterocycles. The first-order valence-corrected chi connectivity index (χ1v) is 8.75. The average molecular weight is 387 g/mol. The molecule has 4 rings (SSSR count). The number of likely N-dealkylation sites (tertiary alicyclic amines) is 1. The summed E-state index contributed by atoms with van der Waals surface area (Å²) in [6.07, 6.45) is 3.08. The number of nitrogens with zero attached hydrogens (tertiary/aromatic N) is 2. The number of aryl methyl sites for hydroxylation is 1. The first-order chi connectivity index (χ1) is 13.8. The van der Waals surface area contributed by atoms with Gasteiger partial charge in [0.15, 0.2) is 0 Å². The summed E-state index contributed by atoms with van der Waals surface area (Å²) >= 11 is 0. The number of rotatable bonds is 5. The van der Waals surface area contributed by atoms with Gasteiger partial charge in [0.1, 0.15) is 29.2 Å². The number of carboxylic acids is 1. The van der Waals surface area contributed by atoms with Gasteiger partial charge in [-0.15, -0.1) is 0 Å². The number of hydrogen-bond acceptors (Lipinski definition) is 7. The highest BCUT2D eigenvalue weighted by Gasteiger charge is 2.37. The Balaban J connectivity index is 1.46. The van der Waals surface area contributed by atoms with Crippen LogP contribution in [0.25, 0.3) is 0 Å². The molecule has 1 fully saturated rings. The van der Waals surface area contributed by atoms with E-state index in [0.29, 0.717) is 18.3 Å². The number of fused-ring (bicyclic) bond motifs is 1. The molecule has 0 aliphatic carbocycles. The maximum atomic E-state index is 12.5. The molecule has 0 spiro atoms. The summed E-state index contributed by atoms with van der Waals surface area (Å²) in [6, 6.07) is 1.26. The second kappa shape index (κ2) is 7.17. The van der Waals surface area contributed by atoms with Crippen LogP contribution < -0.4 is 15.1 Å². The normalized spacial score (nSPS) is 19.0. The van der Waals surface area contributed by atoms with Gasteiger partial charge in [-0.1, -0.05) is 6.07 Å². The Hall–Kier alpha value is -3.05.